The second-order valence-electron chi connectivity index (χ2n) is 5.43. The zero-order valence-corrected chi connectivity index (χ0v) is 13.7. The van der Waals surface area contributed by atoms with E-state index in [-0.39, 0.29) is 12.6 Å². The summed E-state index contributed by atoms with van der Waals surface area (Å²) in [5.74, 6) is 0. The van der Waals surface area contributed by atoms with E-state index in [1.807, 2.05) is 0 Å². The van der Waals surface area contributed by atoms with Crippen LogP contribution in [0.1, 0.15) is 19.4 Å². The molecule has 2 N–H and O–H groups in total. The van der Waals surface area contributed by atoms with Gasteiger partial charge in [-0.05, 0) is 33.6 Å². The van der Waals surface area contributed by atoms with Gasteiger partial charge < -0.3 is 20.1 Å². The number of rotatable bonds is 5. The van der Waals surface area contributed by atoms with Crippen molar-refractivity contribution < 1.29 is 9.84 Å². The highest BCUT2D eigenvalue weighted by molar-refractivity contribution is 9.10. The molecule has 1 saturated heterocycles. The highest BCUT2D eigenvalue weighted by Gasteiger charge is 2.24. The molecule has 1 fully saturated rings. The first-order valence-electron chi connectivity index (χ1n) is 7.09. The Balaban J connectivity index is 2.12. The molecule has 1 aliphatic rings. The molecule has 0 aliphatic carbocycles. The van der Waals surface area contributed by atoms with Crippen molar-refractivity contribution >= 4 is 21.6 Å². The van der Waals surface area contributed by atoms with Crippen molar-refractivity contribution in [3.8, 4) is 0 Å². The van der Waals surface area contributed by atoms with Crippen LogP contribution in [-0.4, -0.2) is 43.6 Å². The maximum atomic E-state index is 9.47. The summed E-state index contributed by atoms with van der Waals surface area (Å²) in [5, 5.41) is 12.9. The number of nitrogens with one attached hydrogen (secondary N) is 1. The van der Waals surface area contributed by atoms with Crippen LogP contribution < -0.4 is 10.2 Å². The van der Waals surface area contributed by atoms with E-state index in [9.17, 15) is 5.11 Å². The van der Waals surface area contributed by atoms with Crippen LogP contribution in [0.5, 0.6) is 0 Å². The highest BCUT2D eigenvalue weighted by atomic mass is 79.9. The Hall–Kier alpha value is -0.620. The van der Waals surface area contributed by atoms with E-state index in [1.54, 1.807) is 0 Å². The van der Waals surface area contributed by atoms with Gasteiger partial charge in [0.2, 0.25) is 0 Å². The zero-order chi connectivity index (χ0) is 14.5. The van der Waals surface area contributed by atoms with Gasteiger partial charge in [0.15, 0.2) is 0 Å². The van der Waals surface area contributed by atoms with Gasteiger partial charge in [-0.2, -0.15) is 0 Å². The van der Waals surface area contributed by atoms with Crippen molar-refractivity contribution in [1.29, 1.82) is 0 Å². The minimum absolute atomic E-state index is 0.0414. The zero-order valence-electron chi connectivity index (χ0n) is 12.1. The number of morpholine rings is 1. The Kier molecular flexibility index (Phi) is 5.84. The van der Waals surface area contributed by atoms with E-state index in [1.165, 1.54) is 5.56 Å². The molecule has 5 heteroatoms. The summed E-state index contributed by atoms with van der Waals surface area (Å²) >= 11 is 3.65. The lowest BCUT2D eigenvalue weighted by Gasteiger charge is -2.37. The highest BCUT2D eigenvalue weighted by Crippen LogP contribution is 2.30. The molecule has 0 spiro atoms. The number of hydrogen-bond donors (Lipinski definition) is 2. The van der Waals surface area contributed by atoms with E-state index >= 15 is 0 Å². The average Bonchev–Trinajstić information content (AvgIpc) is 2.45. The Morgan fingerprint density at radius 2 is 2.30 bits per heavy atom. The lowest BCUT2D eigenvalue weighted by molar-refractivity contribution is 0.0726. The molecule has 1 heterocycles. The van der Waals surface area contributed by atoms with E-state index in [0.29, 0.717) is 19.3 Å². The van der Waals surface area contributed by atoms with Crippen molar-refractivity contribution in [3.05, 3.63) is 28.2 Å². The summed E-state index contributed by atoms with van der Waals surface area (Å²) in [7, 11) is 0. The first kappa shape index (κ1) is 15.8. The maximum absolute atomic E-state index is 9.47. The quantitative estimate of drug-likeness (QED) is 0.860. The summed E-state index contributed by atoms with van der Waals surface area (Å²) < 4.78 is 6.50. The lowest BCUT2D eigenvalue weighted by atomic mass is 10.1. The fraction of sp³-hybridized carbons (Fsp3) is 0.600. The smallest absolute Gasteiger partial charge is 0.0755 e. The van der Waals surface area contributed by atoms with Crippen molar-refractivity contribution in [3.63, 3.8) is 0 Å². The Morgan fingerprint density at radius 1 is 1.50 bits per heavy atom. The van der Waals surface area contributed by atoms with Crippen LogP contribution >= 0.6 is 15.9 Å². The number of anilines is 1. The molecule has 1 aromatic carbocycles. The summed E-state index contributed by atoms with van der Waals surface area (Å²) in [4.78, 5) is 2.22. The molecule has 1 aromatic rings. The molecule has 112 valence electrons. The van der Waals surface area contributed by atoms with Crippen LogP contribution in [0.15, 0.2) is 22.7 Å². The molecular weight excluding hydrogens is 320 g/mol. The number of benzene rings is 1. The third kappa shape index (κ3) is 3.95. The van der Waals surface area contributed by atoms with E-state index in [4.69, 9.17) is 4.74 Å². The molecule has 4 nitrogen and oxygen atoms in total. The number of halogens is 1. The summed E-state index contributed by atoms with van der Waals surface area (Å²) in [6, 6.07) is 6.93. The van der Waals surface area contributed by atoms with Crippen LogP contribution in [0.3, 0.4) is 0 Å². The van der Waals surface area contributed by atoms with Gasteiger partial charge in [0.25, 0.3) is 0 Å². The summed E-state index contributed by atoms with van der Waals surface area (Å²) in [5.41, 5.74) is 2.38. The van der Waals surface area contributed by atoms with E-state index in [2.05, 4.69) is 58.2 Å². The normalized spacial score (nSPS) is 19.6. The number of aliphatic hydroxyl groups excluding tert-OH is 1. The third-order valence-electron chi connectivity index (χ3n) is 3.47. The van der Waals surface area contributed by atoms with Crippen LogP contribution in [-0.2, 0) is 11.3 Å². The first-order chi connectivity index (χ1) is 9.61. The minimum atomic E-state index is 0.0414. The second-order valence-corrected chi connectivity index (χ2v) is 6.28. The Bertz CT molecular complexity index is 440. The number of ether oxygens (including phenoxy) is 1. The van der Waals surface area contributed by atoms with Crippen molar-refractivity contribution in [2.75, 3.05) is 31.3 Å². The summed E-state index contributed by atoms with van der Waals surface area (Å²) in [6.07, 6.45) is 0. The number of nitrogens with zero attached hydrogens (tertiary/aromatic N) is 1. The molecule has 1 unspecified atom stereocenters. The molecule has 0 saturated carbocycles. The topological polar surface area (TPSA) is 44.7 Å². The number of aliphatic hydroxyl groups is 1. The van der Waals surface area contributed by atoms with E-state index < -0.39 is 0 Å². The molecule has 0 amide bonds. The van der Waals surface area contributed by atoms with Crippen molar-refractivity contribution in [1.82, 2.24) is 5.32 Å². The van der Waals surface area contributed by atoms with Gasteiger partial charge in [0.1, 0.15) is 0 Å². The molecule has 0 aromatic heterocycles. The first-order valence-corrected chi connectivity index (χ1v) is 7.88. The van der Waals surface area contributed by atoms with Gasteiger partial charge in [0.05, 0.1) is 31.5 Å². The predicted octanol–water partition coefficient (Wildman–Crippen LogP) is 2.14. The van der Waals surface area contributed by atoms with Crippen LogP contribution in [0.4, 0.5) is 5.69 Å². The monoisotopic (exact) mass is 342 g/mol. The standard InChI is InChI=1S/C15H23BrN2O2/c1-11(2)17-8-12-3-4-15(14(16)7-12)18-5-6-20-10-13(18)9-19/h3-4,7,11,13,17,19H,5-6,8-10H2,1-2H3. The number of hydrogen-bond acceptors (Lipinski definition) is 4. The third-order valence-corrected chi connectivity index (χ3v) is 4.11. The fourth-order valence-electron chi connectivity index (χ4n) is 2.34. The predicted molar refractivity (Wildman–Crippen MR) is 85.2 cm³/mol. The molecular formula is C15H23BrN2O2. The SMILES string of the molecule is CC(C)NCc1ccc(N2CCOCC2CO)c(Br)c1. The molecule has 0 bridgehead atoms. The maximum Gasteiger partial charge on any atom is 0.0755 e. The molecule has 1 atom stereocenters. The summed E-state index contributed by atoms with van der Waals surface area (Å²) in [6.45, 7) is 7.37. The van der Waals surface area contributed by atoms with Gasteiger partial charge in [-0.3, -0.25) is 0 Å². The van der Waals surface area contributed by atoms with Gasteiger partial charge in [-0.25, -0.2) is 0 Å². The van der Waals surface area contributed by atoms with Gasteiger partial charge in [-0.15, -0.1) is 0 Å². The largest absolute Gasteiger partial charge is 0.394 e. The average molecular weight is 343 g/mol. The molecule has 20 heavy (non-hydrogen) atoms. The Labute approximate surface area is 129 Å². The van der Waals surface area contributed by atoms with Gasteiger partial charge >= 0.3 is 0 Å². The van der Waals surface area contributed by atoms with Crippen LogP contribution in [0, 0.1) is 0 Å². The molecule has 2 rings (SSSR count). The van der Waals surface area contributed by atoms with Gasteiger partial charge in [0, 0.05) is 23.6 Å². The fourth-order valence-corrected chi connectivity index (χ4v) is 2.99. The second kappa shape index (κ2) is 7.41. The minimum Gasteiger partial charge on any atom is -0.394 e. The Morgan fingerprint density at radius 3 is 2.95 bits per heavy atom. The van der Waals surface area contributed by atoms with Gasteiger partial charge in [-0.1, -0.05) is 19.9 Å². The molecule has 0 radical (unpaired) electrons. The molecule has 1 aliphatic heterocycles. The lowest BCUT2D eigenvalue weighted by Crippen LogP contribution is -2.47. The van der Waals surface area contributed by atoms with Crippen LogP contribution in [0.2, 0.25) is 0 Å². The van der Waals surface area contributed by atoms with Crippen molar-refractivity contribution in [2.24, 2.45) is 0 Å². The van der Waals surface area contributed by atoms with Crippen molar-refractivity contribution in [2.45, 2.75) is 32.5 Å². The van der Waals surface area contributed by atoms with E-state index in [0.717, 1.165) is 23.2 Å². The van der Waals surface area contributed by atoms with Crippen LogP contribution in [0.25, 0.3) is 0 Å².